The molecule has 4 nitrogen and oxygen atoms in total. The van der Waals surface area contributed by atoms with Crippen LogP contribution in [0.2, 0.25) is 0 Å². The highest BCUT2D eigenvalue weighted by atomic mass is 16.2. The molecule has 0 radical (unpaired) electrons. The van der Waals surface area contributed by atoms with Crippen molar-refractivity contribution in [3.63, 3.8) is 0 Å². The molecule has 2 aromatic rings. The maximum atomic E-state index is 14.0. The summed E-state index contributed by atoms with van der Waals surface area (Å²) in [7, 11) is 0. The first kappa shape index (κ1) is 21.9. The van der Waals surface area contributed by atoms with Crippen LogP contribution >= 0.6 is 0 Å². The summed E-state index contributed by atoms with van der Waals surface area (Å²) in [5, 5.41) is 6.81. The molecule has 2 fully saturated rings. The highest BCUT2D eigenvalue weighted by molar-refractivity contribution is 5.92. The minimum atomic E-state index is -0.361. The van der Waals surface area contributed by atoms with Crippen LogP contribution in [0.25, 0.3) is 0 Å². The third kappa shape index (κ3) is 3.76. The minimum Gasteiger partial charge on any atom is -0.353 e. The molecule has 5 aliphatic rings. The Labute approximate surface area is 202 Å². The van der Waals surface area contributed by atoms with Crippen LogP contribution < -0.4 is 10.6 Å². The summed E-state index contributed by atoms with van der Waals surface area (Å²) < 4.78 is 0. The molecule has 0 saturated heterocycles. The van der Waals surface area contributed by atoms with Crippen LogP contribution in [-0.2, 0) is 9.59 Å². The first-order valence-corrected chi connectivity index (χ1v) is 13.5. The zero-order valence-electron chi connectivity index (χ0n) is 20.0. The molecule has 5 aliphatic carbocycles. The van der Waals surface area contributed by atoms with Gasteiger partial charge in [0.05, 0.1) is 11.8 Å². The highest BCUT2D eigenvalue weighted by Crippen LogP contribution is 2.58. The standard InChI is InChI=1S/C30H36N2O2/c33-29(31-19-11-3-1-4-12-19)27-25-21-15-7-9-17-23(21)26(24-18-10-8-16-22(24)25)28(27)30(34)32-20-13-5-2-6-14-20/h7-10,15-20,25-28H,1-6,11-14H2,(H,31,33)(H,32,34)/t25?,26?,27-,28-/m0/s1. The zero-order chi connectivity index (χ0) is 23.1. The van der Waals surface area contributed by atoms with Gasteiger partial charge in [0.15, 0.2) is 0 Å². The number of hydrogen-bond acceptors (Lipinski definition) is 2. The molecule has 2 atom stereocenters. The predicted molar refractivity (Wildman–Crippen MR) is 134 cm³/mol. The van der Waals surface area contributed by atoms with Crippen LogP contribution in [0.4, 0.5) is 0 Å². The second-order valence-electron chi connectivity index (χ2n) is 11.0. The maximum Gasteiger partial charge on any atom is 0.225 e. The van der Waals surface area contributed by atoms with E-state index in [1.807, 2.05) is 0 Å². The van der Waals surface area contributed by atoms with Gasteiger partial charge in [0.2, 0.25) is 11.8 Å². The number of nitrogens with one attached hydrogen (secondary N) is 2. The van der Waals surface area contributed by atoms with Gasteiger partial charge in [-0.1, -0.05) is 87.1 Å². The van der Waals surface area contributed by atoms with E-state index in [0.29, 0.717) is 0 Å². The van der Waals surface area contributed by atoms with Crippen LogP contribution in [-0.4, -0.2) is 23.9 Å². The molecule has 178 valence electrons. The lowest BCUT2D eigenvalue weighted by atomic mass is 9.53. The molecule has 0 spiro atoms. The fourth-order valence-electron chi connectivity index (χ4n) is 7.40. The first-order valence-electron chi connectivity index (χ1n) is 13.5. The van der Waals surface area contributed by atoms with Crippen molar-refractivity contribution in [3.8, 4) is 0 Å². The summed E-state index contributed by atoms with van der Waals surface area (Å²) in [5.74, 6) is -0.698. The highest BCUT2D eigenvalue weighted by Gasteiger charge is 2.55. The summed E-state index contributed by atoms with van der Waals surface area (Å²) in [5.41, 5.74) is 4.93. The molecular weight excluding hydrogens is 420 g/mol. The number of carbonyl (C=O) groups excluding carboxylic acids is 2. The van der Waals surface area contributed by atoms with Crippen LogP contribution in [0.5, 0.6) is 0 Å². The molecular formula is C30H36N2O2. The minimum absolute atomic E-state index is 0.0666. The molecule has 34 heavy (non-hydrogen) atoms. The fraction of sp³-hybridized carbons (Fsp3) is 0.533. The summed E-state index contributed by atoms with van der Waals surface area (Å²) in [6.07, 6.45) is 11.5. The van der Waals surface area contributed by atoms with Gasteiger partial charge in [-0.25, -0.2) is 0 Å². The number of benzene rings is 2. The van der Waals surface area contributed by atoms with Gasteiger partial charge < -0.3 is 10.6 Å². The van der Waals surface area contributed by atoms with E-state index in [1.165, 1.54) is 60.8 Å². The third-order valence-corrected chi connectivity index (χ3v) is 8.95. The molecule has 7 rings (SSSR count). The Morgan fingerprint density at radius 2 is 0.853 bits per heavy atom. The second-order valence-corrected chi connectivity index (χ2v) is 11.0. The van der Waals surface area contributed by atoms with E-state index in [0.717, 1.165) is 25.7 Å². The summed E-state index contributed by atoms with van der Waals surface area (Å²) in [6, 6.07) is 17.5. The number of hydrogen-bond donors (Lipinski definition) is 2. The SMILES string of the molecule is O=C(NC1CCCCC1)[C@H]1C2c3ccccc3C(c3ccccc32)[C@@H]1C(=O)NC1CCCCC1. The summed E-state index contributed by atoms with van der Waals surface area (Å²) in [4.78, 5) is 28.0. The van der Waals surface area contributed by atoms with E-state index in [9.17, 15) is 9.59 Å². The van der Waals surface area contributed by atoms with E-state index < -0.39 is 0 Å². The molecule has 2 aromatic carbocycles. The van der Waals surface area contributed by atoms with Crippen molar-refractivity contribution in [2.45, 2.75) is 88.1 Å². The van der Waals surface area contributed by atoms with Crippen molar-refractivity contribution in [1.29, 1.82) is 0 Å². The zero-order valence-corrected chi connectivity index (χ0v) is 20.0. The molecule has 2 saturated carbocycles. The second kappa shape index (κ2) is 9.20. The van der Waals surface area contributed by atoms with Gasteiger partial charge in [-0.3, -0.25) is 9.59 Å². The van der Waals surface area contributed by atoms with Gasteiger partial charge in [0.1, 0.15) is 0 Å². The van der Waals surface area contributed by atoms with Gasteiger partial charge in [0, 0.05) is 23.9 Å². The average molecular weight is 457 g/mol. The third-order valence-electron chi connectivity index (χ3n) is 8.95. The van der Waals surface area contributed by atoms with E-state index in [4.69, 9.17) is 0 Å². The monoisotopic (exact) mass is 456 g/mol. The predicted octanol–water partition coefficient (Wildman–Crippen LogP) is 5.41. The van der Waals surface area contributed by atoms with E-state index in [-0.39, 0.29) is 47.6 Å². The van der Waals surface area contributed by atoms with Crippen molar-refractivity contribution in [2.24, 2.45) is 11.8 Å². The average Bonchev–Trinajstić information content (AvgIpc) is 2.89. The smallest absolute Gasteiger partial charge is 0.225 e. The number of fused-ring (bicyclic) bond motifs is 1. The Hall–Kier alpha value is -2.62. The number of rotatable bonds is 4. The van der Waals surface area contributed by atoms with Crippen molar-refractivity contribution < 1.29 is 9.59 Å². The van der Waals surface area contributed by atoms with Gasteiger partial charge >= 0.3 is 0 Å². The van der Waals surface area contributed by atoms with E-state index >= 15 is 0 Å². The van der Waals surface area contributed by atoms with Gasteiger partial charge in [-0.2, -0.15) is 0 Å². The Bertz CT molecular complexity index is 935. The van der Waals surface area contributed by atoms with Crippen molar-refractivity contribution in [2.75, 3.05) is 0 Å². The van der Waals surface area contributed by atoms with Gasteiger partial charge in [0.25, 0.3) is 0 Å². The molecule has 0 aliphatic heterocycles. The van der Waals surface area contributed by atoms with Crippen molar-refractivity contribution in [3.05, 3.63) is 70.8 Å². The molecule has 2 N–H and O–H groups in total. The molecule has 4 heteroatoms. The van der Waals surface area contributed by atoms with Gasteiger partial charge in [-0.05, 0) is 47.9 Å². The Morgan fingerprint density at radius 1 is 0.529 bits per heavy atom. The Morgan fingerprint density at radius 3 is 1.18 bits per heavy atom. The van der Waals surface area contributed by atoms with Crippen LogP contribution in [0.1, 0.15) is 98.3 Å². The number of carbonyl (C=O) groups is 2. The largest absolute Gasteiger partial charge is 0.353 e. The van der Waals surface area contributed by atoms with E-state index in [2.05, 4.69) is 59.2 Å². The van der Waals surface area contributed by atoms with Crippen molar-refractivity contribution in [1.82, 2.24) is 10.6 Å². The molecule has 0 heterocycles. The normalized spacial score (nSPS) is 28.6. The Balaban J connectivity index is 1.40. The van der Waals surface area contributed by atoms with Crippen LogP contribution in [0.3, 0.4) is 0 Å². The summed E-state index contributed by atoms with van der Waals surface area (Å²) in [6.45, 7) is 0. The van der Waals surface area contributed by atoms with Crippen molar-refractivity contribution >= 4 is 11.8 Å². The quantitative estimate of drug-likeness (QED) is 0.646. The number of amides is 2. The lowest BCUT2D eigenvalue weighted by Crippen LogP contribution is -2.55. The lowest BCUT2D eigenvalue weighted by molar-refractivity contribution is -0.138. The lowest BCUT2D eigenvalue weighted by Gasteiger charge is -2.49. The fourth-order valence-corrected chi connectivity index (χ4v) is 7.40. The molecule has 2 amide bonds. The molecule has 2 bridgehead atoms. The first-order chi connectivity index (χ1) is 16.7. The molecule has 0 unspecified atom stereocenters. The summed E-state index contributed by atoms with van der Waals surface area (Å²) >= 11 is 0. The van der Waals surface area contributed by atoms with E-state index in [1.54, 1.807) is 0 Å². The van der Waals surface area contributed by atoms with Crippen LogP contribution in [0, 0.1) is 11.8 Å². The van der Waals surface area contributed by atoms with Gasteiger partial charge in [-0.15, -0.1) is 0 Å². The molecule has 0 aromatic heterocycles. The Kier molecular flexibility index (Phi) is 5.92. The maximum absolute atomic E-state index is 14.0. The van der Waals surface area contributed by atoms with Crippen LogP contribution in [0.15, 0.2) is 48.5 Å². The topological polar surface area (TPSA) is 58.2 Å².